The van der Waals surface area contributed by atoms with Crippen LogP contribution in [-0.2, 0) is 4.74 Å². The van der Waals surface area contributed by atoms with E-state index in [0.29, 0.717) is 28.5 Å². The zero-order valence-corrected chi connectivity index (χ0v) is 18.7. The minimum absolute atomic E-state index is 0.124. The molecule has 0 spiro atoms. The molecule has 0 bridgehead atoms. The number of ether oxygens (including phenoxy) is 1. The summed E-state index contributed by atoms with van der Waals surface area (Å²) >= 11 is 0. The van der Waals surface area contributed by atoms with Crippen molar-refractivity contribution in [3.05, 3.63) is 64.5 Å². The summed E-state index contributed by atoms with van der Waals surface area (Å²) in [4.78, 5) is 12.2. The number of carbonyl (C=O) groups is 1. The Morgan fingerprint density at radius 1 is 1.17 bits per heavy atom. The molecule has 0 heterocycles. The first-order valence-electron chi connectivity index (χ1n) is 11.1. The van der Waals surface area contributed by atoms with E-state index >= 15 is 4.39 Å². The smallest absolute Gasteiger partial charge is 0.338 e. The Morgan fingerprint density at radius 3 is 2.70 bits per heavy atom. The zero-order chi connectivity index (χ0) is 21.7. The predicted molar refractivity (Wildman–Crippen MR) is 123 cm³/mol. The number of halogens is 1. The van der Waals surface area contributed by atoms with Gasteiger partial charge in [-0.1, -0.05) is 69.5 Å². The van der Waals surface area contributed by atoms with Gasteiger partial charge in [-0.2, -0.15) is 0 Å². The number of allylic oxidation sites excluding steroid dienone is 3. The lowest BCUT2D eigenvalue weighted by Crippen LogP contribution is -2.18. The molecular formula is C27H33FO2. The van der Waals surface area contributed by atoms with E-state index in [0.717, 1.165) is 32.1 Å². The molecular weight excluding hydrogens is 375 g/mol. The summed E-state index contributed by atoms with van der Waals surface area (Å²) in [5.74, 6) is -0.599. The van der Waals surface area contributed by atoms with Gasteiger partial charge >= 0.3 is 5.97 Å². The van der Waals surface area contributed by atoms with Crippen molar-refractivity contribution >= 4 is 22.8 Å². The first kappa shape index (κ1) is 22.3. The van der Waals surface area contributed by atoms with Gasteiger partial charge in [0.1, 0.15) is 5.82 Å². The molecule has 0 unspecified atom stereocenters. The molecule has 3 heteroatoms. The van der Waals surface area contributed by atoms with Crippen molar-refractivity contribution in [1.82, 2.24) is 0 Å². The van der Waals surface area contributed by atoms with Crippen molar-refractivity contribution in [2.75, 3.05) is 6.61 Å². The molecule has 160 valence electrons. The van der Waals surface area contributed by atoms with Crippen LogP contribution in [0.2, 0.25) is 0 Å². The van der Waals surface area contributed by atoms with Gasteiger partial charge in [-0.05, 0) is 61.1 Å². The van der Waals surface area contributed by atoms with Crippen molar-refractivity contribution in [2.45, 2.75) is 66.2 Å². The van der Waals surface area contributed by atoms with Crippen LogP contribution in [0, 0.1) is 11.2 Å². The number of benzene rings is 2. The summed E-state index contributed by atoms with van der Waals surface area (Å²) in [6.45, 7) is 9.23. The van der Waals surface area contributed by atoms with E-state index in [9.17, 15) is 4.79 Å². The monoisotopic (exact) mass is 408 g/mol. The fourth-order valence-corrected chi connectivity index (χ4v) is 4.35. The molecule has 2 aromatic rings. The summed E-state index contributed by atoms with van der Waals surface area (Å²) in [7, 11) is 0. The standard InChI is InChI=1S/C27H33FO2/c1-5-6-7-17-30-26(29)22-12-14-23-21(18-22)11-10-20(25(23)28)13-15-24-19(2)9-8-16-27(24,3)4/h10-15,18H,5-9,16-17H2,1-4H3/b15-13+. The van der Waals surface area contributed by atoms with E-state index in [4.69, 9.17) is 4.74 Å². The van der Waals surface area contributed by atoms with Crippen LogP contribution < -0.4 is 0 Å². The molecule has 30 heavy (non-hydrogen) atoms. The summed E-state index contributed by atoms with van der Waals surface area (Å²) < 4.78 is 20.5. The van der Waals surface area contributed by atoms with Gasteiger partial charge in [0.05, 0.1) is 12.2 Å². The van der Waals surface area contributed by atoms with Crippen LogP contribution in [0.15, 0.2) is 47.6 Å². The van der Waals surface area contributed by atoms with Crippen molar-refractivity contribution in [1.29, 1.82) is 0 Å². The Bertz CT molecular complexity index is 982. The molecule has 0 aliphatic heterocycles. The van der Waals surface area contributed by atoms with Crippen LogP contribution in [0.3, 0.4) is 0 Å². The van der Waals surface area contributed by atoms with Gasteiger partial charge in [0, 0.05) is 10.9 Å². The summed E-state index contributed by atoms with van der Waals surface area (Å²) in [5.41, 5.74) is 3.86. The minimum atomic E-state index is -0.348. The third kappa shape index (κ3) is 5.00. The summed E-state index contributed by atoms with van der Waals surface area (Å²) in [6.07, 6.45) is 10.4. The fourth-order valence-electron chi connectivity index (χ4n) is 4.35. The normalized spacial score (nSPS) is 16.4. The van der Waals surface area contributed by atoms with Crippen LogP contribution in [0.5, 0.6) is 0 Å². The minimum Gasteiger partial charge on any atom is -0.462 e. The SMILES string of the molecule is CCCCCOC(=O)c1ccc2c(F)c(/C=C/C3=C(C)CCCC3(C)C)ccc2c1. The molecule has 0 atom stereocenters. The first-order valence-corrected chi connectivity index (χ1v) is 11.1. The van der Waals surface area contributed by atoms with Crippen LogP contribution in [0.4, 0.5) is 4.39 Å². The lowest BCUT2D eigenvalue weighted by Gasteiger charge is -2.32. The van der Waals surface area contributed by atoms with Crippen molar-refractivity contribution < 1.29 is 13.9 Å². The second kappa shape index (κ2) is 9.59. The Morgan fingerprint density at radius 2 is 1.97 bits per heavy atom. The molecule has 1 aliphatic carbocycles. The maximum atomic E-state index is 15.1. The Hall–Kier alpha value is -2.42. The van der Waals surface area contributed by atoms with Gasteiger partial charge in [-0.3, -0.25) is 0 Å². The molecule has 0 N–H and O–H groups in total. The molecule has 3 rings (SSSR count). The van der Waals surface area contributed by atoms with Gasteiger partial charge in [-0.25, -0.2) is 9.18 Å². The van der Waals surface area contributed by atoms with E-state index in [-0.39, 0.29) is 17.2 Å². The Balaban J connectivity index is 1.82. The van der Waals surface area contributed by atoms with E-state index in [2.05, 4.69) is 33.8 Å². The number of hydrogen-bond donors (Lipinski definition) is 0. The third-order valence-corrected chi connectivity index (χ3v) is 6.17. The molecule has 0 radical (unpaired) electrons. The maximum absolute atomic E-state index is 15.1. The van der Waals surface area contributed by atoms with Gasteiger partial charge in [0.25, 0.3) is 0 Å². The number of unbranched alkanes of at least 4 members (excludes halogenated alkanes) is 2. The molecule has 2 aromatic carbocycles. The number of esters is 1. The second-order valence-corrected chi connectivity index (χ2v) is 9.01. The van der Waals surface area contributed by atoms with Gasteiger partial charge in [-0.15, -0.1) is 0 Å². The number of carbonyl (C=O) groups excluding carboxylic acids is 1. The molecule has 2 nitrogen and oxygen atoms in total. The number of rotatable bonds is 7. The lowest BCUT2D eigenvalue weighted by molar-refractivity contribution is 0.0498. The fraction of sp³-hybridized carbons (Fsp3) is 0.444. The summed E-state index contributed by atoms with van der Waals surface area (Å²) in [6, 6.07) is 8.71. The van der Waals surface area contributed by atoms with E-state index in [1.165, 1.54) is 17.6 Å². The number of hydrogen-bond acceptors (Lipinski definition) is 2. The molecule has 0 amide bonds. The van der Waals surface area contributed by atoms with Crippen LogP contribution in [0.25, 0.3) is 16.8 Å². The van der Waals surface area contributed by atoms with Crippen LogP contribution in [0.1, 0.15) is 82.1 Å². The van der Waals surface area contributed by atoms with Crippen molar-refractivity contribution in [3.63, 3.8) is 0 Å². The van der Waals surface area contributed by atoms with E-state index in [1.807, 2.05) is 12.1 Å². The number of fused-ring (bicyclic) bond motifs is 1. The third-order valence-electron chi connectivity index (χ3n) is 6.17. The van der Waals surface area contributed by atoms with E-state index in [1.54, 1.807) is 24.3 Å². The maximum Gasteiger partial charge on any atom is 0.338 e. The summed E-state index contributed by atoms with van der Waals surface area (Å²) in [5, 5.41) is 1.23. The quantitative estimate of drug-likeness (QED) is 0.344. The molecule has 0 saturated heterocycles. The average Bonchev–Trinajstić information content (AvgIpc) is 2.71. The second-order valence-electron chi connectivity index (χ2n) is 9.01. The topological polar surface area (TPSA) is 26.3 Å². The van der Waals surface area contributed by atoms with Crippen LogP contribution >= 0.6 is 0 Å². The van der Waals surface area contributed by atoms with Crippen molar-refractivity contribution in [3.8, 4) is 0 Å². The lowest BCUT2D eigenvalue weighted by atomic mass is 9.72. The highest BCUT2D eigenvalue weighted by molar-refractivity contribution is 5.96. The van der Waals surface area contributed by atoms with Gasteiger partial charge in [0.2, 0.25) is 0 Å². The Kier molecular flexibility index (Phi) is 7.12. The average molecular weight is 409 g/mol. The molecule has 0 aromatic heterocycles. The van der Waals surface area contributed by atoms with Crippen LogP contribution in [-0.4, -0.2) is 12.6 Å². The highest BCUT2D eigenvalue weighted by Gasteiger charge is 2.26. The highest BCUT2D eigenvalue weighted by Crippen LogP contribution is 2.41. The first-order chi connectivity index (χ1) is 14.3. The highest BCUT2D eigenvalue weighted by atomic mass is 19.1. The molecule has 0 fully saturated rings. The van der Waals surface area contributed by atoms with Gasteiger partial charge in [0.15, 0.2) is 0 Å². The molecule has 1 aliphatic rings. The molecule has 0 saturated carbocycles. The largest absolute Gasteiger partial charge is 0.462 e. The van der Waals surface area contributed by atoms with Gasteiger partial charge < -0.3 is 4.74 Å². The predicted octanol–water partition coefficient (Wildman–Crippen LogP) is 7.87. The van der Waals surface area contributed by atoms with Crippen molar-refractivity contribution in [2.24, 2.45) is 5.41 Å². The Labute approximate surface area is 179 Å². The van der Waals surface area contributed by atoms with E-state index < -0.39 is 0 Å². The zero-order valence-electron chi connectivity index (χ0n) is 18.7.